The van der Waals surface area contributed by atoms with Crippen LogP contribution >= 0.6 is 0 Å². The number of Topliss-reactive ketones (excluding diaryl/α,β-unsaturated/α-hetero) is 2. The second-order valence-corrected chi connectivity index (χ2v) is 11.6. The van der Waals surface area contributed by atoms with Crippen molar-refractivity contribution >= 4 is 29.3 Å². The zero-order valence-electron chi connectivity index (χ0n) is 24.6. The van der Waals surface area contributed by atoms with Gasteiger partial charge >= 0.3 is 12.0 Å². The molecule has 0 radical (unpaired) electrons. The minimum atomic E-state index is -1.39. The smallest absolute Gasteiger partial charge is 0.340 e. The summed E-state index contributed by atoms with van der Waals surface area (Å²) in [5.41, 5.74) is 0.746. The van der Waals surface area contributed by atoms with Gasteiger partial charge in [0, 0.05) is 46.8 Å². The number of esters is 1. The molecular formula is C33H30N5O8+. The van der Waals surface area contributed by atoms with Gasteiger partial charge in [0.1, 0.15) is 41.1 Å². The molecule has 234 valence electrons. The van der Waals surface area contributed by atoms with Crippen LogP contribution in [0.3, 0.4) is 0 Å². The van der Waals surface area contributed by atoms with Gasteiger partial charge in [0.05, 0.1) is 17.2 Å². The summed E-state index contributed by atoms with van der Waals surface area (Å²) in [6.45, 7) is 0.693. The number of aryl methyl sites for hydroxylation is 1. The second kappa shape index (κ2) is 11.3. The number of amides is 2. The van der Waals surface area contributed by atoms with E-state index in [0.29, 0.717) is 48.2 Å². The predicted octanol–water partition coefficient (Wildman–Crippen LogP) is 3.65. The monoisotopic (exact) mass is 624 g/mol. The Kier molecular flexibility index (Phi) is 7.15. The molecule has 1 saturated carbocycles. The number of ketones is 2. The van der Waals surface area contributed by atoms with Gasteiger partial charge in [-0.25, -0.2) is 9.59 Å². The van der Waals surface area contributed by atoms with E-state index in [2.05, 4.69) is 15.8 Å². The largest absolute Gasteiger partial charge is 0.508 e. The number of aromatic hydroxyl groups is 2. The molecule has 1 fully saturated rings. The van der Waals surface area contributed by atoms with Gasteiger partial charge in [0.2, 0.25) is 0 Å². The van der Waals surface area contributed by atoms with Crippen LogP contribution in [0, 0.1) is 5.92 Å². The van der Waals surface area contributed by atoms with Gasteiger partial charge in [-0.05, 0) is 55.7 Å². The summed E-state index contributed by atoms with van der Waals surface area (Å²) in [6.07, 6.45) is 6.10. The molecule has 2 aliphatic heterocycles. The number of nitrogens with one attached hydrogen (secondary N) is 2. The molecule has 13 heteroatoms. The summed E-state index contributed by atoms with van der Waals surface area (Å²) >= 11 is 0. The number of carbonyl (C=O) groups is 4. The van der Waals surface area contributed by atoms with Crippen molar-refractivity contribution in [3.8, 4) is 23.0 Å². The van der Waals surface area contributed by atoms with Crippen LogP contribution in [0.4, 0.5) is 10.5 Å². The molecule has 1 spiro atoms. The van der Waals surface area contributed by atoms with Gasteiger partial charge in [0.25, 0.3) is 0 Å². The summed E-state index contributed by atoms with van der Waals surface area (Å²) in [4.78, 5) is 49.5. The number of phenolic OH excluding ortho intramolecular Hbond substituents is 2. The highest BCUT2D eigenvalue weighted by atomic mass is 16.6. The second-order valence-electron chi connectivity index (χ2n) is 11.6. The van der Waals surface area contributed by atoms with Crippen LogP contribution in [0.2, 0.25) is 0 Å². The average Bonchev–Trinajstić information content (AvgIpc) is 3.59. The van der Waals surface area contributed by atoms with Crippen LogP contribution in [0.1, 0.15) is 59.2 Å². The molecule has 2 amide bonds. The number of fused-ring (bicyclic) bond motifs is 6. The average molecular weight is 625 g/mol. The fourth-order valence-corrected chi connectivity index (χ4v) is 6.40. The van der Waals surface area contributed by atoms with E-state index >= 15 is 0 Å². The summed E-state index contributed by atoms with van der Waals surface area (Å²) in [5.74, 6) is -0.145. The fourth-order valence-electron chi connectivity index (χ4n) is 6.40. The Morgan fingerprint density at radius 3 is 2.43 bits per heavy atom. The molecule has 1 aliphatic carbocycles. The van der Waals surface area contributed by atoms with Gasteiger partial charge in [-0.15, -0.1) is 9.36 Å². The van der Waals surface area contributed by atoms with Crippen LogP contribution in [-0.4, -0.2) is 43.7 Å². The molecule has 3 aromatic carbocycles. The number of benzene rings is 3. The first kappa shape index (κ1) is 29.0. The van der Waals surface area contributed by atoms with E-state index in [1.807, 2.05) is 0 Å². The molecule has 3 aliphatic rings. The molecule has 3 heterocycles. The Labute approximate surface area is 262 Å². The quantitative estimate of drug-likeness (QED) is 0.136. The highest BCUT2D eigenvalue weighted by Crippen LogP contribution is 2.57. The van der Waals surface area contributed by atoms with Gasteiger partial charge in [-0.1, -0.05) is 6.07 Å². The number of nitrogens with zero attached hydrogens (tertiary/aromatic N) is 3. The lowest BCUT2D eigenvalue weighted by Crippen LogP contribution is -2.46. The number of rotatable bonds is 7. The van der Waals surface area contributed by atoms with Crippen molar-refractivity contribution in [3.63, 3.8) is 0 Å². The lowest BCUT2D eigenvalue weighted by atomic mass is 9.77. The van der Waals surface area contributed by atoms with E-state index in [1.54, 1.807) is 46.0 Å². The maximum atomic E-state index is 13.3. The zero-order chi connectivity index (χ0) is 32.0. The van der Waals surface area contributed by atoms with Crippen LogP contribution in [0.25, 0.3) is 0 Å². The topological polar surface area (TPSA) is 173 Å². The zero-order valence-corrected chi connectivity index (χ0v) is 24.6. The Morgan fingerprint density at radius 2 is 1.72 bits per heavy atom. The first-order valence-electron chi connectivity index (χ1n) is 14.9. The maximum Gasteiger partial charge on any atom is 0.340 e. The molecule has 46 heavy (non-hydrogen) atoms. The molecule has 0 saturated heterocycles. The van der Waals surface area contributed by atoms with E-state index < -0.39 is 17.6 Å². The molecule has 1 aromatic heterocycles. The minimum Gasteiger partial charge on any atom is -0.508 e. The van der Waals surface area contributed by atoms with E-state index in [9.17, 15) is 29.4 Å². The summed E-state index contributed by atoms with van der Waals surface area (Å²) in [7, 11) is 0. The van der Waals surface area contributed by atoms with Crippen LogP contribution in [-0.2, 0) is 33.1 Å². The van der Waals surface area contributed by atoms with Gasteiger partial charge in [0.15, 0.2) is 24.7 Å². The van der Waals surface area contributed by atoms with Crippen LogP contribution in [0.15, 0.2) is 67.0 Å². The lowest BCUT2D eigenvalue weighted by molar-refractivity contribution is -0.757. The summed E-state index contributed by atoms with van der Waals surface area (Å²) in [5, 5.41) is 30.1. The van der Waals surface area contributed by atoms with E-state index in [4.69, 9.17) is 9.47 Å². The number of aromatic nitrogens is 3. The van der Waals surface area contributed by atoms with Crippen molar-refractivity contribution in [2.24, 2.45) is 5.92 Å². The number of phenols is 2. The number of ether oxygens (including phenoxy) is 2. The Balaban J connectivity index is 1.02. The minimum absolute atomic E-state index is 0.0235. The standard InChI is InChI=1S/C33H29N5O8/c39-21-5-3-19(28(42)15-21)2-1-11-37-12-13-38(36-37)18-34-32(44)35-20-4-8-25-24(14-20)31(43)46-33(25)26-9-6-22(40)16-29(26)45-30-17-23(41)7-10-27(30)33/h4,6-10,12-14,16-17,19H,1-3,5,11,15,18H2,(H3-,34,35,40,41,44)/p+1. The molecule has 1 unspecified atom stereocenters. The highest BCUT2D eigenvalue weighted by molar-refractivity contribution is 6.02. The third kappa shape index (κ3) is 5.19. The maximum absolute atomic E-state index is 13.3. The van der Waals surface area contributed by atoms with Crippen molar-refractivity contribution < 1.29 is 43.5 Å². The lowest BCUT2D eigenvalue weighted by Gasteiger charge is -2.36. The molecule has 1 atom stereocenters. The number of carbonyl (C=O) groups excluding carboxylic acids is 4. The van der Waals surface area contributed by atoms with E-state index in [0.717, 1.165) is 6.42 Å². The molecule has 4 N–H and O–H groups in total. The van der Waals surface area contributed by atoms with Crippen molar-refractivity contribution in [3.05, 3.63) is 89.2 Å². The molecule has 13 nitrogen and oxygen atoms in total. The third-order valence-corrected chi connectivity index (χ3v) is 8.61. The first-order valence-corrected chi connectivity index (χ1v) is 14.9. The van der Waals surface area contributed by atoms with E-state index in [1.165, 1.54) is 30.3 Å². The van der Waals surface area contributed by atoms with Crippen molar-refractivity contribution in [2.45, 2.75) is 50.9 Å². The summed E-state index contributed by atoms with van der Waals surface area (Å²) in [6, 6.07) is 13.4. The van der Waals surface area contributed by atoms with Crippen LogP contribution in [0.5, 0.6) is 23.0 Å². The number of anilines is 1. The first-order chi connectivity index (χ1) is 22.2. The van der Waals surface area contributed by atoms with Crippen molar-refractivity contribution in [1.82, 2.24) is 15.2 Å². The normalized spacial score (nSPS) is 17.5. The van der Waals surface area contributed by atoms with Gasteiger partial charge in [-0.3, -0.25) is 14.9 Å². The number of hydrogen-bond donors (Lipinski definition) is 4. The van der Waals surface area contributed by atoms with Crippen molar-refractivity contribution in [2.75, 3.05) is 5.32 Å². The Morgan fingerprint density at radius 1 is 1.00 bits per heavy atom. The van der Waals surface area contributed by atoms with Gasteiger partial charge in [-0.2, -0.15) is 0 Å². The Bertz CT molecular complexity index is 1870. The SMILES string of the molecule is O=C1CCC(CCCn2cc[n+](CNC(=O)Nc3ccc4c(c3)C(=O)OC43c4ccc(O)cc4Oc4cc(O)ccc43)n2)C(=O)C1. The highest BCUT2D eigenvalue weighted by Gasteiger charge is 2.53. The number of hydrogen-bond acceptors (Lipinski definition) is 9. The molecule has 4 aromatic rings. The molecule has 0 bridgehead atoms. The molecule has 7 rings (SSSR count). The molecular weight excluding hydrogens is 594 g/mol. The summed E-state index contributed by atoms with van der Waals surface area (Å²) < 4.78 is 15.3. The van der Waals surface area contributed by atoms with Crippen molar-refractivity contribution in [1.29, 1.82) is 0 Å². The Hall–Kier alpha value is -5.72. The predicted molar refractivity (Wildman–Crippen MR) is 159 cm³/mol. The van der Waals surface area contributed by atoms with Gasteiger partial charge < -0.3 is 25.0 Å². The van der Waals surface area contributed by atoms with E-state index in [-0.39, 0.29) is 59.1 Å². The van der Waals surface area contributed by atoms with Crippen LogP contribution < -0.4 is 20.1 Å². The number of urea groups is 1. The fraction of sp³-hybridized carbons (Fsp3) is 0.273. The third-order valence-electron chi connectivity index (χ3n) is 8.61.